The predicted molar refractivity (Wildman–Crippen MR) is 68.7 cm³/mol. The van der Waals surface area contributed by atoms with Gasteiger partial charge in [0, 0.05) is 11.1 Å². The minimum Gasteiger partial charge on any atom is -0.488 e. The highest BCUT2D eigenvalue weighted by atomic mass is 19.1. The first kappa shape index (κ1) is 12.6. The highest BCUT2D eigenvalue weighted by Gasteiger charge is 2.06. The van der Waals surface area contributed by atoms with Crippen LogP contribution >= 0.6 is 0 Å². The zero-order chi connectivity index (χ0) is 12.8. The monoisotopic (exact) mass is 246 g/mol. The number of para-hydroxylation sites is 1. The van der Waals surface area contributed by atoms with Crippen molar-refractivity contribution in [2.75, 3.05) is 7.05 Å². The van der Waals surface area contributed by atoms with Crippen LogP contribution in [0.5, 0.6) is 5.75 Å². The van der Waals surface area contributed by atoms with E-state index in [4.69, 9.17) is 4.74 Å². The standard InChI is InChI=1S/C15H16FNO/c1-17-10-12-6-3-5-9-15(12)18-11-13-7-2-4-8-14(13)16/h2-9,17H,10-11H2,1H3/p+1. The molecule has 0 aliphatic heterocycles. The Bertz CT molecular complexity index is 513. The summed E-state index contributed by atoms with van der Waals surface area (Å²) in [6.07, 6.45) is 0. The molecule has 0 spiro atoms. The average Bonchev–Trinajstić information content (AvgIpc) is 2.40. The lowest BCUT2D eigenvalue weighted by molar-refractivity contribution is -0.643. The molecule has 18 heavy (non-hydrogen) atoms. The molecule has 2 rings (SSSR count). The van der Waals surface area contributed by atoms with Gasteiger partial charge in [-0.05, 0) is 18.2 Å². The molecule has 0 saturated carbocycles. The first-order valence-corrected chi connectivity index (χ1v) is 6.03. The molecule has 0 aliphatic carbocycles. The zero-order valence-electron chi connectivity index (χ0n) is 10.4. The van der Waals surface area contributed by atoms with E-state index < -0.39 is 0 Å². The fourth-order valence-electron chi connectivity index (χ4n) is 1.80. The van der Waals surface area contributed by atoms with Gasteiger partial charge in [0.25, 0.3) is 0 Å². The molecule has 0 saturated heterocycles. The molecule has 0 atom stereocenters. The van der Waals surface area contributed by atoms with Gasteiger partial charge in [-0.3, -0.25) is 0 Å². The summed E-state index contributed by atoms with van der Waals surface area (Å²) < 4.78 is 19.2. The van der Waals surface area contributed by atoms with Crippen LogP contribution in [0.1, 0.15) is 11.1 Å². The summed E-state index contributed by atoms with van der Waals surface area (Å²) in [5.74, 6) is 0.593. The molecule has 0 unspecified atom stereocenters. The number of rotatable bonds is 5. The van der Waals surface area contributed by atoms with E-state index in [1.54, 1.807) is 12.1 Å². The Morgan fingerprint density at radius 3 is 2.39 bits per heavy atom. The highest BCUT2D eigenvalue weighted by Crippen LogP contribution is 2.19. The second kappa shape index (κ2) is 6.17. The minimum atomic E-state index is -0.225. The lowest BCUT2D eigenvalue weighted by Gasteiger charge is -2.10. The van der Waals surface area contributed by atoms with Crippen LogP contribution in [-0.2, 0) is 13.2 Å². The number of halogens is 1. The summed E-state index contributed by atoms with van der Waals surface area (Å²) in [5, 5.41) is 2.07. The summed E-state index contributed by atoms with van der Waals surface area (Å²) in [4.78, 5) is 0. The molecule has 94 valence electrons. The van der Waals surface area contributed by atoms with E-state index in [-0.39, 0.29) is 12.4 Å². The van der Waals surface area contributed by atoms with E-state index in [1.807, 2.05) is 37.4 Å². The average molecular weight is 246 g/mol. The molecule has 2 aromatic carbocycles. The van der Waals surface area contributed by atoms with Crippen molar-refractivity contribution in [3.63, 3.8) is 0 Å². The number of nitrogens with two attached hydrogens (primary N) is 1. The Kier molecular flexibility index (Phi) is 4.31. The molecule has 0 aromatic heterocycles. The van der Waals surface area contributed by atoms with Crippen LogP contribution in [0.25, 0.3) is 0 Å². The van der Waals surface area contributed by atoms with Crippen LogP contribution in [-0.4, -0.2) is 7.05 Å². The van der Waals surface area contributed by atoms with Crippen molar-refractivity contribution >= 4 is 0 Å². The van der Waals surface area contributed by atoms with Crippen molar-refractivity contribution in [2.45, 2.75) is 13.2 Å². The van der Waals surface area contributed by atoms with E-state index in [0.29, 0.717) is 5.56 Å². The van der Waals surface area contributed by atoms with Gasteiger partial charge in [0.1, 0.15) is 24.7 Å². The normalized spacial score (nSPS) is 10.3. The lowest BCUT2D eigenvalue weighted by Crippen LogP contribution is -2.77. The van der Waals surface area contributed by atoms with Gasteiger partial charge in [-0.2, -0.15) is 0 Å². The van der Waals surface area contributed by atoms with Crippen LogP contribution in [0.3, 0.4) is 0 Å². The largest absolute Gasteiger partial charge is 0.488 e. The van der Waals surface area contributed by atoms with Gasteiger partial charge in [-0.25, -0.2) is 4.39 Å². The third-order valence-corrected chi connectivity index (χ3v) is 2.74. The molecule has 2 N–H and O–H groups in total. The lowest BCUT2D eigenvalue weighted by atomic mass is 10.2. The zero-order valence-corrected chi connectivity index (χ0v) is 10.4. The maximum atomic E-state index is 13.5. The smallest absolute Gasteiger partial charge is 0.129 e. The van der Waals surface area contributed by atoms with Gasteiger partial charge in [-0.1, -0.05) is 30.3 Å². The molecule has 0 fully saturated rings. The number of ether oxygens (including phenoxy) is 1. The summed E-state index contributed by atoms with van der Waals surface area (Å²) >= 11 is 0. The second-order valence-corrected chi connectivity index (χ2v) is 4.10. The first-order valence-electron chi connectivity index (χ1n) is 6.03. The van der Waals surface area contributed by atoms with Crippen LogP contribution < -0.4 is 10.1 Å². The van der Waals surface area contributed by atoms with Crippen molar-refractivity contribution in [2.24, 2.45) is 0 Å². The Labute approximate surface area is 106 Å². The molecule has 2 nitrogen and oxygen atoms in total. The van der Waals surface area contributed by atoms with Gasteiger partial charge >= 0.3 is 0 Å². The van der Waals surface area contributed by atoms with Crippen molar-refractivity contribution < 1.29 is 14.4 Å². The number of hydrogen-bond acceptors (Lipinski definition) is 1. The topological polar surface area (TPSA) is 25.8 Å². The summed E-state index contributed by atoms with van der Waals surface area (Å²) in [6, 6.07) is 14.5. The number of benzene rings is 2. The van der Waals surface area contributed by atoms with E-state index in [2.05, 4.69) is 5.32 Å². The van der Waals surface area contributed by atoms with Crippen LogP contribution in [0.2, 0.25) is 0 Å². The molecular formula is C15H17FNO+. The number of hydrogen-bond donors (Lipinski definition) is 1. The van der Waals surface area contributed by atoms with Crippen molar-refractivity contribution in [3.05, 3.63) is 65.5 Å². The van der Waals surface area contributed by atoms with Crippen LogP contribution in [0.4, 0.5) is 4.39 Å². The quantitative estimate of drug-likeness (QED) is 0.859. The predicted octanol–water partition coefficient (Wildman–Crippen LogP) is 2.10. The fourth-order valence-corrected chi connectivity index (χ4v) is 1.80. The maximum Gasteiger partial charge on any atom is 0.129 e. The molecule has 2 aromatic rings. The Balaban J connectivity index is 2.08. The highest BCUT2D eigenvalue weighted by molar-refractivity contribution is 5.32. The Morgan fingerprint density at radius 2 is 1.67 bits per heavy atom. The molecule has 0 radical (unpaired) electrons. The third-order valence-electron chi connectivity index (χ3n) is 2.74. The van der Waals surface area contributed by atoms with Gasteiger partial charge in [0.2, 0.25) is 0 Å². The van der Waals surface area contributed by atoms with Crippen LogP contribution in [0, 0.1) is 5.82 Å². The van der Waals surface area contributed by atoms with Crippen LogP contribution in [0.15, 0.2) is 48.5 Å². The van der Waals surface area contributed by atoms with Crippen molar-refractivity contribution in [1.82, 2.24) is 0 Å². The fraction of sp³-hybridized carbons (Fsp3) is 0.200. The summed E-state index contributed by atoms with van der Waals surface area (Å²) in [5.41, 5.74) is 1.70. The molecule has 0 amide bonds. The van der Waals surface area contributed by atoms with Gasteiger partial charge in [0.05, 0.1) is 7.05 Å². The van der Waals surface area contributed by atoms with Gasteiger partial charge in [0.15, 0.2) is 0 Å². The number of quaternary nitrogens is 1. The minimum absolute atomic E-state index is 0.225. The Hall–Kier alpha value is -1.87. The van der Waals surface area contributed by atoms with Crippen molar-refractivity contribution in [1.29, 1.82) is 0 Å². The Morgan fingerprint density at radius 1 is 1.00 bits per heavy atom. The van der Waals surface area contributed by atoms with E-state index >= 15 is 0 Å². The third kappa shape index (κ3) is 3.08. The molecular weight excluding hydrogens is 229 g/mol. The molecule has 0 aliphatic rings. The molecule has 3 heteroatoms. The summed E-state index contributed by atoms with van der Waals surface area (Å²) in [7, 11) is 2.01. The van der Waals surface area contributed by atoms with E-state index in [1.165, 1.54) is 6.07 Å². The van der Waals surface area contributed by atoms with Gasteiger partial charge in [-0.15, -0.1) is 0 Å². The SMILES string of the molecule is C[NH2+]Cc1ccccc1OCc1ccccc1F. The van der Waals surface area contributed by atoms with E-state index in [0.717, 1.165) is 17.9 Å². The maximum absolute atomic E-state index is 13.5. The molecule has 0 bridgehead atoms. The van der Waals surface area contributed by atoms with E-state index in [9.17, 15) is 4.39 Å². The summed E-state index contributed by atoms with van der Waals surface area (Å²) in [6.45, 7) is 1.11. The van der Waals surface area contributed by atoms with Gasteiger partial charge < -0.3 is 10.1 Å². The first-order chi connectivity index (χ1) is 8.81. The molecule has 0 heterocycles. The second-order valence-electron chi connectivity index (χ2n) is 4.10. The van der Waals surface area contributed by atoms with Crippen molar-refractivity contribution in [3.8, 4) is 5.75 Å².